The zero-order chi connectivity index (χ0) is 11.4. The Morgan fingerprint density at radius 1 is 1.25 bits per heavy atom. The van der Waals surface area contributed by atoms with Crippen molar-refractivity contribution < 1.29 is 4.74 Å². The molecule has 0 aromatic rings. The standard InChI is InChI=1S/C14H25IO/c1-12-4-3-8-14(10-12,11-15)16-9-7-13-5-2-6-13/h12-13H,2-11H2,1H3. The predicted octanol–water partition coefficient (Wildman–Crippen LogP) is 4.58. The summed E-state index contributed by atoms with van der Waals surface area (Å²) in [4.78, 5) is 0. The van der Waals surface area contributed by atoms with Crippen LogP contribution in [-0.4, -0.2) is 16.6 Å². The molecule has 0 saturated heterocycles. The van der Waals surface area contributed by atoms with E-state index < -0.39 is 0 Å². The smallest absolute Gasteiger partial charge is 0.0774 e. The summed E-state index contributed by atoms with van der Waals surface area (Å²) < 4.78 is 7.47. The first-order valence-electron chi connectivity index (χ1n) is 6.94. The molecule has 0 aromatic carbocycles. The van der Waals surface area contributed by atoms with Crippen molar-refractivity contribution in [2.24, 2.45) is 11.8 Å². The van der Waals surface area contributed by atoms with Crippen molar-refractivity contribution in [3.05, 3.63) is 0 Å². The first-order chi connectivity index (χ1) is 7.74. The number of ether oxygens (including phenoxy) is 1. The average Bonchev–Trinajstić information content (AvgIpc) is 2.22. The van der Waals surface area contributed by atoms with E-state index in [9.17, 15) is 0 Å². The molecular weight excluding hydrogens is 311 g/mol. The summed E-state index contributed by atoms with van der Waals surface area (Å²) in [5.74, 6) is 1.86. The lowest BCUT2D eigenvalue weighted by Crippen LogP contribution is -2.40. The Morgan fingerprint density at radius 2 is 2.06 bits per heavy atom. The normalized spacial score (nSPS) is 36.0. The Hall–Kier alpha value is 0.690. The Bertz CT molecular complexity index is 215. The van der Waals surface area contributed by atoms with E-state index in [1.54, 1.807) is 0 Å². The van der Waals surface area contributed by atoms with Gasteiger partial charge in [0.05, 0.1) is 5.60 Å². The molecule has 0 aromatic heterocycles. The highest BCUT2D eigenvalue weighted by atomic mass is 127. The van der Waals surface area contributed by atoms with Crippen molar-refractivity contribution in [3.8, 4) is 0 Å². The average molecular weight is 336 g/mol. The number of rotatable bonds is 5. The fourth-order valence-electron chi connectivity index (χ4n) is 3.13. The molecular formula is C14H25IO. The van der Waals surface area contributed by atoms with E-state index in [2.05, 4.69) is 29.5 Å². The summed E-state index contributed by atoms with van der Waals surface area (Å²) in [6.07, 6.45) is 11.0. The molecule has 0 amide bonds. The highest BCUT2D eigenvalue weighted by Gasteiger charge is 2.35. The van der Waals surface area contributed by atoms with E-state index in [0.29, 0.717) is 0 Å². The molecule has 94 valence electrons. The maximum atomic E-state index is 6.29. The highest BCUT2D eigenvalue weighted by molar-refractivity contribution is 14.1. The van der Waals surface area contributed by atoms with Crippen LogP contribution in [0.15, 0.2) is 0 Å². The monoisotopic (exact) mass is 336 g/mol. The molecule has 0 N–H and O–H groups in total. The largest absolute Gasteiger partial charge is 0.374 e. The van der Waals surface area contributed by atoms with Crippen molar-refractivity contribution in [1.29, 1.82) is 0 Å². The van der Waals surface area contributed by atoms with Gasteiger partial charge in [-0.1, -0.05) is 61.6 Å². The summed E-state index contributed by atoms with van der Waals surface area (Å²) in [6.45, 7) is 3.40. The summed E-state index contributed by atoms with van der Waals surface area (Å²) >= 11 is 2.52. The van der Waals surface area contributed by atoms with Crippen LogP contribution in [0.4, 0.5) is 0 Å². The van der Waals surface area contributed by atoms with Crippen LogP contribution >= 0.6 is 22.6 Å². The molecule has 16 heavy (non-hydrogen) atoms. The number of hydrogen-bond donors (Lipinski definition) is 0. The third kappa shape index (κ3) is 3.34. The fourth-order valence-corrected chi connectivity index (χ4v) is 4.04. The summed E-state index contributed by atoms with van der Waals surface area (Å²) in [5, 5.41) is 0. The first-order valence-corrected chi connectivity index (χ1v) is 8.46. The van der Waals surface area contributed by atoms with E-state index in [0.717, 1.165) is 18.4 Å². The van der Waals surface area contributed by atoms with Crippen molar-refractivity contribution in [1.82, 2.24) is 0 Å². The van der Waals surface area contributed by atoms with Gasteiger partial charge in [0.2, 0.25) is 0 Å². The van der Waals surface area contributed by atoms with Gasteiger partial charge in [-0.05, 0) is 31.1 Å². The van der Waals surface area contributed by atoms with Gasteiger partial charge in [0.1, 0.15) is 0 Å². The molecule has 2 fully saturated rings. The highest BCUT2D eigenvalue weighted by Crippen LogP contribution is 2.37. The van der Waals surface area contributed by atoms with Gasteiger partial charge in [0.15, 0.2) is 0 Å². The molecule has 2 heteroatoms. The second-order valence-corrected chi connectivity index (χ2v) is 6.72. The summed E-state index contributed by atoms with van der Waals surface area (Å²) in [6, 6.07) is 0. The summed E-state index contributed by atoms with van der Waals surface area (Å²) in [7, 11) is 0. The van der Waals surface area contributed by atoms with Gasteiger partial charge in [0.25, 0.3) is 0 Å². The van der Waals surface area contributed by atoms with Crippen LogP contribution in [-0.2, 0) is 4.74 Å². The minimum Gasteiger partial charge on any atom is -0.374 e. The summed E-state index contributed by atoms with van der Waals surface area (Å²) in [5.41, 5.74) is 0.238. The first kappa shape index (κ1) is 13.1. The quantitative estimate of drug-likeness (QED) is 0.528. The minimum absolute atomic E-state index is 0.238. The lowest BCUT2D eigenvalue weighted by molar-refractivity contribution is -0.0680. The SMILES string of the molecule is CC1CCCC(CI)(OCCC2CCC2)C1. The number of alkyl halides is 1. The van der Waals surface area contributed by atoms with Crippen LogP contribution < -0.4 is 0 Å². The lowest BCUT2D eigenvalue weighted by atomic mass is 9.79. The fraction of sp³-hybridized carbons (Fsp3) is 1.00. The third-order valence-electron chi connectivity index (χ3n) is 4.45. The molecule has 0 heterocycles. The van der Waals surface area contributed by atoms with E-state index in [-0.39, 0.29) is 5.60 Å². The van der Waals surface area contributed by atoms with Crippen molar-refractivity contribution in [3.63, 3.8) is 0 Å². The van der Waals surface area contributed by atoms with E-state index in [1.807, 2.05) is 0 Å². The molecule has 2 unspecified atom stereocenters. The molecule has 1 nitrogen and oxygen atoms in total. The lowest BCUT2D eigenvalue weighted by Gasteiger charge is -2.39. The molecule has 0 radical (unpaired) electrons. The van der Waals surface area contributed by atoms with Crippen LogP contribution in [0, 0.1) is 11.8 Å². The second kappa shape index (κ2) is 6.03. The Labute approximate surface area is 114 Å². The molecule has 2 aliphatic rings. The van der Waals surface area contributed by atoms with Crippen LogP contribution in [0.25, 0.3) is 0 Å². The van der Waals surface area contributed by atoms with Crippen molar-refractivity contribution in [2.75, 3.05) is 11.0 Å². The maximum absolute atomic E-state index is 6.29. The number of hydrogen-bond acceptors (Lipinski definition) is 1. The molecule has 0 aliphatic heterocycles. The van der Waals surface area contributed by atoms with Crippen LogP contribution in [0.2, 0.25) is 0 Å². The van der Waals surface area contributed by atoms with Gasteiger partial charge in [-0.2, -0.15) is 0 Å². The van der Waals surface area contributed by atoms with Gasteiger partial charge in [-0.15, -0.1) is 0 Å². The third-order valence-corrected chi connectivity index (χ3v) is 5.84. The molecule has 0 bridgehead atoms. The predicted molar refractivity (Wildman–Crippen MR) is 77.2 cm³/mol. The van der Waals surface area contributed by atoms with Crippen LogP contribution in [0.1, 0.15) is 58.3 Å². The van der Waals surface area contributed by atoms with Gasteiger partial charge >= 0.3 is 0 Å². The van der Waals surface area contributed by atoms with E-state index in [1.165, 1.54) is 55.8 Å². The van der Waals surface area contributed by atoms with Gasteiger partial charge in [0, 0.05) is 11.0 Å². The van der Waals surface area contributed by atoms with E-state index in [4.69, 9.17) is 4.74 Å². The molecule has 2 atom stereocenters. The van der Waals surface area contributed by atoms with Gasteiger partial charge in [-0.25, -0.2) is 0 Å². The van der Waals surface area contributed by atoms with Gasteiger partial charge < -0.3 is 4.74 Å². The van der Waals surface area contributed by atoms with Crippen molar-refractivity contribution >= 4 is 22.6 Å². The Kier molecular flexibility index (Phi) is 4.95. The zero-order valence-corrected chi connectivity index (χ0v) is 12.7. The Morgan fingerprint density at radius 3 is 2.62 bits per heavy atom. The van der Waals surface area contributed by atoms with Gasteiger partial charge in [-0.3, -0.25) is 0 Å². The minimum atomic E-state index is 0.238. The second-order valence-electron chi connectivity index (χ2n) is 5.95. The molecule has 2 aliphatic carbocycles. The van der Waals surface area contributed by atoms with Crippen molar-refractivity contribution in [2.45, 2.75) is 63.9 Å². The van der Waals surface area contributed by atoms with Crippen LogP contribution in [0.5, 0.6) is 0 Å². The topological polar surface area (TPSA) is 9.23 Å². The van der Waals surface area contributed by atoms with Crippen LogP contribution in [0.3, 0.4) is 0 Å². The van der Waals surface area contributed by atoms with E-state index >= 15 is 0 Å². The zero-order valence-electron chi connectivity index (χ0n) is 10.5. The molecule has 0 spiro atoms. The Balaban J connectivity index is 1.74. The number of halogens is 1. The maximum Gasteiger partial charge on any atom is 0.0774 e. The molecule has 2 rings (SSSR count). The molecule has 2 saturated carbocycles.